The zero-order chi connectivity index (χ0) is 12.0. The van der Waals surface area contributed by atoms with Crippen LogP contribution in [0, 0.1) is 0 Å². The van der Waals surface area contributed by atoms with Crippen molar-refractivity contribution in [2.75, 3.05) is 20.3 Å². The molecule has 0 radical (unpaired) electrons. The van der Waals surface area contributed by atoms with Gasteiger partial charge in [-0.1, -0.05) is 0 Å². The van der Waals surface area contributed by atoms with Gasteiger partial charge in [0.2, 0.25) is 0 Å². The Kier molecular flexibility index (Phi) is 4.60. The van der Waals surface area contributed by atoms with Gasteiger partial charge in [-0.25, -0.2) is 0 Å². The third-order valence-electron chi connectivity index (χ3n) is 1.98. The Morgan fingerprint density at radius 1 is 1.44 bits per heavy atom. The van der Waals surface area contributed by atoms with Crippen molar-refractivity contribution in [2.45, 2.75) is 6.42 Å². The fourth-order valence-electron chi connectivity index (χ4n) is 1.22. The van der Waals surface area contributed by atoms with Gasteiger partial charge in [0.1, 0.15) is 11.5 Å². The molecule has 0 saturated heterocycles. The molecule has 0 aromatic heterocycles. The number of carbonyl (C=O) groups is 1. The monoisotopic (exact) mass is 225 g/mol. The predicted molar refractivity (Wildman–Crippen MR) is 58.6 cm³/mol. The third kappa shape index (κ3) is 3.43. The second-order valence-electron chi connectivity index (χ2n) is 3.24. The normalized spacial score (nSPS) is 10.1. The van der Waals surface area contributed by atoms with Crippen molar-refractivity contribution in [1.82, 2.24) is 0 Å². The van der Waals surface area contributed by atoms with E-state index >= 15 is 0 Å². The summed E-state index contributed by atoms with van der Waals surface area (Å²) in [5, 5.41) is 9.21. The maximum atomic E-state index is 11.1. The molecule has 0 fully saturated rings. The number of phenols is 1. The van der Waals surface area contributed by atoms with E-state index in [1.165, 1.54) is 18.2 Å². The summed E-state index contributed by atoms with van der Waals surface area (Å²) in [5.74, 6) is -0.267. The van der Waals surface area contributed by atoms with Crippen LogP contribution in [0.5, 0.6) is 11.5 Å². The number of carbonyl (C=O) groups excluding carboxylic acids is 1. The van der Waals surface area contributed by atoms with Crippen LogP contribution >= 0.6 is 0 Å². The smallest absolute Gasteiger partial charge is 0.252 e. The zero-order valence-corrected chi connectivity index (χ0v) is 9.10. The van der Waals surface area contributed by atoms with Crippen LogP contribution in [0.2, 0.25) is 0 Å². The number of nitrogens with two attached hydrogens (primary N) is 1. The number of rotatable bonds is 6. The van der Waals surface area contributed by atoms with E-state index in [4.69, 9.17) is 15.2 Å². The first-order valence-corrected chi connectivity index (χ1v) is 4.89. The number of hydrogen-bond donors (Lipinski definition) is 2. The zero-order valence-electron chi connectivity index (χ0n) is 9.10. The van der Waals surface area contributed by atoms with Gasteiger partial charge >= 0.3 is 0 Å². The van der Waals surface area contributed by atoms with Gasteiger partial charge in [0.05, 0.1) is 12.2 Å². The van der Waals surface area contributed by atoms with E-state index in [9.17, 15) is 9.90 Å². The molecule has 16 heavy (non-hydrogen) atoms. The lowest BCUT2D eigenvalue weighted by atomic mass is 10.2. The van der Waals surface area contributed by atoms with Gasteiger partial charge < -0.3 is 20.3 Å². The van der Waals surface area contributed by atoms with Crippen LogP contribution in [0.3, 0.4) is 0 Å². The molecule has 0 aliphatic carbocycles. The molecule has 0 saturated carbocycles. The van der Waals surface area contributed by atoms with Crippen LogP contribution in [0.1, 0.15) is 16.8 Å². The highest BCUT2D eigenvalue weighted by molar-refractivity contribution is 5.96. The molecule has 1 amide bonds. The number of phenolic OH excluding ortho intramolecular Hbond substituents is 1. The molecule has 0 atom stereocenters. The second-order valence-corrected chi connectivity index (χ2v) is 3.24. The molecule has 5 heteroatoms. The van der Waals surface area contributed by atoms with Crippen LogP contribution in [0.25, 0.3) is 0 Å². The van der Waals surface area contributed by atoms with E-state index in [0.717, 1.165) is 6.42 Å². The third-order valence-corrected chi connectivity index (χ3v) is 1.98. The lowest BCUT2D eigenvalue weighted by molar-refractivity contribution is 0.0995. The highest BCUT2D eigenvalue weighted by Crippen LogP contribution is 2.23. The lowest BCUT2D eigenvalue weighted by Crippen LogP contribution is -2.13. The molecule has 0 aliphatic rings. The minimum Gasteiger partial charge on any atom is -0.508 e. The van der Waals surface area contributed by atoms with Gasteiger partial charge in [-0.3, -0.25) is 4.79 Å². The molecule has 88 valence electrons. The number of methoxy groups -OCH3 is 1. The van der Waals surface area contributed by atoms with Crippen LogP contribution in [0.4, 0.5) is 0 Å². The highest BCUT2D eigenvalue weighted by Gasteiger charge is 2.10. The number of ether oxygens (including phenoxy) is 2. The van der Waals surface area contributed by atoms with Gasteiger partial charge in [-0.15, -0.1) is 0 Å². The molecule has 3 N–H and O–H groups in total. The van der Waals surface area contributed by atoms with E-state index < -0.39 is 5.91 Å². The number of primary amides is 1. The molecule has 0 bridgehead atoms. The summed E-state index contributed by atoms with van der Waals surface area (Å²) >= 11 is 0. The largest absolute Gasteiger partial charge is 0.508 e. The number of hydrogen-bond acceptors (Lipinski definition) is 4. The number of amides is 1. The number of benzene rings is 1. The van der Waals surface area contributed by atoms with Gasteiger partial charge in [-0.05, 0) is 18.2 Å². The van der Waals surface area contributed by atoms with E-state index in [2.05, 4.69) is 0 Å². The van der Waals surface area contributed by atoms with Gasteiger partial charge in [0.15, 0.2) is 0 Å². The van der Waals surface area contributed by atoms with Gasteiger partial charge in [0, 0.05) is 20.1 Å². The van der Waals surface area contributed by atoms with Crippen LogP contribution in [-0.2, 0) is 4.74 Å². The summed E-state index contributed by atoms with van der Waals surface area (Å²) in [5.41, 5.74) is 5.34. The molecule has 0 heterocycles. The van der Waals surface area contributed by atoms with Gasteiger partial charge in [-0.2, -0.15) is 0 Å². The molecule has 0 spiro atoms. The minimum absolute atomic E-state index is 0.0157. The Morgan fingerprint density at radius 2 is 2.19 bits per heavy atom. The maximum Gasteiger partial charge on any atom is 0.252 e. The topological polar surface area (TPSA) is 81.8 Å². The average Bonchev–Trinajstić information content (AvgIpc) is 2.26. The lowest BCUT2D eigenvalue weighted by Gasteiger charge is -2.09. The molecule has 1 aromatic carbocycles. The van der Waals surface area contributed by atoms with Crippen molar-refractivity contribution in [3.8, 4) is 11.5 Å². The fourth-order valence-corrected chi connectivity index (χ4v) is 1.22. The second kappa shape index (κ2) is 5.97. The van der Waals surface area contributed by atoms with Crippen molar-refractivity contribution in [1.29, 1.82) is 0 Å². The molecular weight excluding hydrogens is 210 g/mol. The quantitative estimate of drug-likeness (QED) is 0.705. The summed E-state index contributed by atoms with van der Waals surface area (Å²) in [6.45, 7) is 1.02. The van der Waals surface area contributed by atoms with Crippen LogP contribution in [0.15, 0.2) is 18.2 Å². The van der Waals surface area contributed by atoms with E-state index in [0.29, 0.717) is 19.0 Å². The molecule has 0 unspecified atom stereocenters. The minimum atomic E-state index is -0.627. The number of aromatic hydroxyl groups is 1. The fraction of sp³-hybridized carbons (Fsp3) is 0.364. The van der Waals surface area contributed by atoms with Crippen molar-refractivity contribution in [3.63, 3.8) is 0 Å². The summed E-state index contributed by atoms with van der Waals surface area (Å²) in [7, 11) is 1.61. The Hall–Kier alpha value is -1.75. The first-order valence-electron chi connectivity index (χ1n) is 4.89. The highest BCUT2D eigenvalue weighted by atomic mass is 16.5. The van der Waals surface area contributed by atoms with E-state index in [1.54, 1.807) is 7.11 Å². The molecule has 5 nitrogen and oxygen atoms in total. The summed E-state index contributed by atoms with van der Waals surface area (Å²) in [6, 6.07) is 4.24. The van der Waals surface area contributed by atoms with Gasteiger partial charge in [0.25, 0.3) is 5.91 Å². The first kappa shape index (κ1) is 12.3. The van der Waals surface area contributed by atoms with Crippen molar-refractivity contribution in [3.05, 3.63) is 23.8 Å². The molecule has 1 rings (SSSR count). The molecule has 0 aliphatic heterocycles. The Bertz CT molecular complexity index is 365. The first-order chi connectivity index (χ1) is 7.65. The molecule has 1 aromatic rings. The standard InChI is InChI=1S/C11H15NO4/c1-15-5-2-6-16-10-4-3-8(13)7-9(10)11(12)14/h3-4,7,13H,2,5-6H2,1H3,(H2,12,14). The predicted octanol–water partition coefficient (Wildman–Crippen LogP) is 0.906. The van der Waals surface area contributed by atoms with Crippen molar-refractivity contribution >= 4 is 5.91 Å². The molecular formula is C11H15NO4. The van der Waals surface area contributed by atoms with Crippen LogP contribution < -0.4 is 10.5 Å². The van der Waals surface area contributed by atoms with Crippen LogP contribution in [-0.4, -0.2) is 31.3 Å². The summed E-state index contributed by atoms with van der Waals surface area (Å²) < 4.78 is 10.2. The van der Waals surface area contributed by atoms with Crippen molar-refractivity contribution < 1.29 is 19.4 Å². The van der Waals surface area contributed by atoms with Crippen molar-refractivity contribution in [2.24, 2.45) is 5.73 Å². The average molecular weight is 225 g/mol. The Labute approximate surface area is 93.8 Å². The van der Waals surface area contributed by atoms with E-state index in [-0.39, 0.29) is 11.3 Å². The Morgan fingerprint density at radius 3 is 2.81 bits per heavy atom. The Balaban J connectivity index is 2.67. The maximum absolute atomic E-state index is 11.1. The summed E-state index contributed by atoms with van der Waals surface area (Å²) in [6.07, 6.45) is 0.718. The van der Waals surface area contributed by atoms with E-state index in [1.807, 2.05) is 0 Å². The SMILES string of the molecule is COCCCOc1ccc(O)cc1C(N)=O. The summed E-state index contributed by atoms with van der Waals surface area (Å²) in [4.78, 5) is 11.1.